The summed E-state index contributed by atoms with van der Waals surface area (Å²) in [5.41, 5.74) is 2.11. The van der Waals surface area contributed by atoms with Crippen LogP contribution in [0.5, 0.6) is 5.75 Å². The molecule has 0 aliphatic rings. The largest absolute Gasteiger partial charge is 0.497 e. The topological polar surface area (TPSA) is 82.5 Å². The Morgan fingerprint density at radius 1 is 1.03 bits per heavy atom. The molecule has 7 nitrogen and oxygen atoms in total. The van der Waals surface area contributed by atoms with Crippen LogP contribution in [0.2, 0.25) is 0 Å². The first-order valence-electron chi connectivity index (χ1n) is 9.39. The summed E-state index contributed by atoms with van der Waals surface area (Å²) in [4.78, 5) is 24.4. The molecule has 1 N–H and O–H groups in total. The van der Waals surface area contributed by atoms with E-state index >= 15 is 0 Å². The number of hydrogen-bond acceptors (Lipinski definition) is 5. The van der Waals surface area contributed by atoms with Crippen molar-refractivity contribution in [1.82, 2.24) is 9.78 Å². The number of amides is 1. The summed E-state index contributed by atoms with van der Waals surface area (Å²) < 4.78 is 11.9. The summed E-state index contributed by atoms with van der Waals surface area (Å²) in [5, 5.41) is 7.08. The SMILES string of the molecule is CCCCOC(=O)c1ccc(NC(=O)c2ccn(-c3ccc(OC)cc3)n2)cc1. The number of methoxy groups -OCH3 is 1. The smallest absolute Gasteiger partial charge is 0.338 e. The van der Waals surface area contributed by atoms with Gasteiger partial charge in [-0.3, -0.25) is 4.79 Å². The molecule has 29 heavy (non-hydrogen) atoms. The molecule has 1 amide bonds. The van der Waals surface area contributed by atoms with Gasteiger partial charge >= 0.3 is 5.97 Å². The Morgan fingerprint density at radius 2 is 1.76 bits per heavy atom. The first-order chi connectivity index (χ1) is 14.1. The number of unbranched alkanes of at least 4 members (excludes halogenated alkanes) is 1. The number of esters is 1. The van der Waals surface area contributed by atoms with Crippen molar-refractivity contribution in [2.75, 3.05) is 19.0 Å². The van der Waals surface area contributed by atoms with E-state index in [4.69, 9.17) is 9.47 Å². The standard InChI is InChI=1S/C22H23N3O4/c1-3-4-15-29-22(27)16-5-7-17(8-6-16)23-21(26)20-13-14-25(24-20)18-9-11-19(28-2)12-10-18/h5-14H,3-4,15H2,1-2H3,(H,23,26). The first kappa shape index (κ1) is 20.1. The van der Waals surface area contributed by atoms with Crippen LogP contribution >= 0.6 is 0 Å². The quantitative estimate of drug-likeness (QED) is 0.460. The second kappa shape index (κ2) is 9.54. The van der Waals surface area contributed by atoms with Gasteiger partial charge in [0, 0.05) is 11.9 Å². The zero-order valence-electron chi connectivity index (χ0n) is 16.4. The van der Waals surface area contributed by atoms with Crippen molar-refractivity contribution in [3.05, 3.63) is 72.1 Å². The number of aromatic nitrogens is 2. The summed E-state index contributed by atoms with van der Waals surface area (Å²) >= 11 is 0. The van der Waals surface area contributed by atoms with Crippen LogP contribution in [0.4, 0.5) is 5.69 Å². The Bertz CT molecular complexity index is 962. The van der Waals surface area contributed by atoms with Gasteiger partial charge in [0.15, 0.2) is 5.69 Å². The Morgan fingerprint density at radius 3 is 2.41 bits per heavy atom. The molecule has 0 atom stereocenters. The summed E-state index contributed by atoms with van der Waals surface area (Å²) in [7, 11) is 1.60. The molecule has 3 aromatic rings. The van der Waals surface area contributed by atoms with E-state index in [9.17, 15) is 9.59 Å². The fourth-order valence-electron chi connectivity index (χ4n) is 2.60. The molecule has 0 aliphatic carbocycles. The highest BCUT2D eigenvalue weighted by atomic mass is 16.5. The molecule has 0 radical (unpaired) electrons. The molecule has 150 valence electrons. The van der Waals surface area contributed by atoms with E-state index in [1.165, 1.54) is 0 Å². The molecule has 0 spiro atoms. The van der Waals surface area contributed by atoms with Gasteiger partial charge in [0.05, 0.1) is 25.0 Å². The number of ether oxygens (including phenoxy) is 2. The van der Waals surface area contributed by atoms with Crippen LogP contribution in [-0.4, -0.2) is 35.4 Å². The molecule has 0 saturated heterocycles. The molecule has 7 heteroatoms. The van der Waals surface area contributed by atoms with Crippen LogP contribution in [0.1, 0.15) is 40.6 Å². The number of nitrogens with one attached hydrogen (secondary N) is 1. The maximum Gasteiger partial charge on any atom is 0.338 e. The third-order valence-electron chi connectivity index (χ3n) is 4.27. The first-order valence-corrected chi connectivity index (χ1v) is 9.39. The second-order valence-electron chi connectivity index (χ2n) is 6.36. The molecule has 2 aromatic carbocycles. The van der Waals surface area contributed by atoms with Gasteiger partial charge in [0.2, 0.25) is 0 Å². The molecular formula is C22H23N3O4. The van der Waals surface area contributed by atoms with Gasteiger partial charge in [0.25, 0.3) is 5.91 Å². The number of carbonyl (C=O) groups excluding carboxylic acids is 2. The maximum atomic E-state index is 12.5. The monoisotopic (exact) mass is 393 g/mol. The number of rotatable bonds is 8. The second-order valence-corrected chi connectivity index (χ2v) is 6.36. The van der Waals surface area contributed by atoms with Crippen molar-refractivity contribution < 1.29 is 19.1 Å². The number of carbonyl (C=O) groups is 2. The van der Waals surface area contributed by atoms with Crippen LogP contribution in [0.3, 0.4) is 0 Å². The minimum atomic E-state index is -0.366. The Balaban J connectivity index is 1.61. The van der Waals surface area contributed by atoms with Gasteiger partial charge in [-0.1, -0.05) is 13.3 Å². The highest BCUT2D eigenvalue weighted by molar-refractivity contribution is 6.03. The third kappa shape index (κ3) is 5.22. The zero-order valence-corrected chi connectivity index (χ0v) is 16.4. The molecule has 0 fully saturated rings. The number of anilines is 1. The summed E-state index contributed by atoms with van der Waals surface area (Å²) in [6.07, 6.45) is 3.52. The minimum Gasteiger partial charge on any atom is -0.497 e. The van der Waals surface area contributed by atoms with E-state index in [1.54, 1.807) is 48.3 Å². The third-order valence-corrected chi connectivity index (χ3v) is 4.27. The number of nitrogens with zero attached hydrogens (tertiary/aromatic N) is 2. The van der Waals surface area contributed by atoms with Gasteiger partial charge in [-0.05, 0) is 61.0 Å². The highest BCUT2D eigenvalue weighted by Crippen LogP contribution is 2.16. The van der Waals surface area contributed by atoms with E-state index < -0.39 is 0 Å². The van der Waals surface area contributed by atoms with E-state index in [0.717, 1.165) is 24.3 Å². The summed E-state index contributed by atoms with van der Waals surface area (Å²) in [6.45, 7) is 2.44. The van der Waals surface area contributed by atoms with E-state index in [0.29, 0.717) is 17.9 Å². The van der Waals surface area contributed by atoms with Crippen molar-refractivity contribution in [3.63, 3.8) is 0 Å². The van der Waals surface area contributed by atoms with Crippen molar-refractivity contribution in [2.24, 2.45) is 0 Å². The van der Waals surface area contributed by atoms with E-state index in [2.05, 4.69) is 10.4 Å². The van der Waals surface area contributed by atoms with Crippen LogP contribution in [0, 0.1) is 0 Å². The molecule has 0 unspecified atom stereocenters. The van der Waals surface area contributed by atoms with Gasteiger partial charge in [-0.15, -0.1) is 0 Å². The molecule has 1 heterocycles. The summed E-state index contributed by atoms with van der Waals surface area (Å²) in [6, 6.07) is 15.6. The Labute approximate surface area is 169 Å². The lowest BCUT2D eigenvalue weighted by atomic mass is 10.2. The molecule has 3 rings (SSSR count). The van der Waals surface area contributed by atoms with Crippen LogP contribution in [0.15, 0.2) is 60.8 Å². The van der Waals surface area contributed by atoms with Crippen molar-refractivity contribution in [3.8, 4) is 11.4 Å². The van der Waals surface area contributed by atoms with Crippen LogP contribution < -0.4 is 10.1 Å². The van der Waals surface area contributed by atoms with Gasteiger partial charge < -0.3 is 14.8 Å². The lowest BCUT2D eigenvalue weighted by Gasteiger charge is -2.06. The fourth-order valence-corrected chi connectivity index (χ4v) is 2.60. The highest BCUT2D eigenvalue weighted by Gasteiger charge is 2.12. The van der Waals surface area contributed by atoms with Gasteiger partial charge in [-0.25, -0.2) is 9.48 Å². The molecule has 0 bridgehead atoms. The van der Waals surface area contributed by atoms with Crippen LogP contribution in [0.25, 0.3) is 5.69 Å². The molecule has 1 aromatic heterocycles. The molecular weight excluding hydrogens is 370 g/mol. The molecule has 0 saturated carbocycles. The fraction of sp³-hybridized carbons (Fsp3) is 0.227. The summed E-state index contributed by atoms with van der Waals surface area (Å²) in [5.74, 6) is 0.0432. The normalized spacial score (nSPS) is 10.4. The van der Waals surface area contributed by atoms with Crippen molar-refractivity contribution in [1.29, 1.82) is 0 Å². The van der Waals surface area contributed by atoms with Crippen LogP contribution in [-0.2, 0) is 4.74 Å². The predicted octanol–water partition coefficient (Wildman–Crippen LogP) is 4.09. The lowest BCUT2D eigenvalue weighted by molar-refractivity contribution is 0.0499. The zero-order chi connectivity index (χ0) is 20.6. The minimum absolute atomic E-state index is 0.281. The average molecular weight is 393 g/mol. The maximum absolute atomic E-state index is 12.5. The van der Waals surface area contributed by atoms with Gasteiger partial charge in [0.1, 0.15) is 5.75 Å². The lowest BCUT2D eigenvalue weighted by Crippen LogP contribution is -2.13. The van der Waals surface area contributed by atoms with Crippen molar-refractivity contribution >= 4 is 17.6 Å². The van der Waals surface area contributed by atoms with Crippen molar-refractivity contribution in [2.45, 2.75) is 19.8 Å². The predicted molar refractivity (Wildman–Crippen MR) is 110 cm³/mol. The van der Waals surface area contributed by atoms with Gasteiger partial charge in [-0.2, -0.15) is 5.10 Å². The molecule has 0 aliphatic heterocycles. The number of benzene rings is 2. The van der Waals surface area contributed by atoms with E-state index in [1.807, 2.05) is 31.2 Å². The Kier molecular flexibility index (Phi) is 6.63. The van der Waals surface area contributed by atoms with E-state index in [-0.39, 0.29) is 17.6 Å². The number of hydrogen-bond donors (Lipinski definition) is 1. The average Bonchev–Trinajstić information content (AvgIpc) is 3.25. The Hall–Kier alpha value is -3.61.